The highest BCUT2D eigenvalue weighted by Crippen LogP contribution is 2.10. The molecular formula is C17H28N4O. The molecule has 22 heavy (non-hydrogen) atoms. The SMILES string of the molecule is CN=C(NCCCC(C)C)NCc1cccc(NC(C)=O)c1. The molecule has 5 nitrogen and oxygen atoms in total. The summed E-state index contributed by atoms with van der Waals surface area (Å²) in [5.74, 6) is 1.47. The van der Waals surface area contributed by atoms with Crippen LogP contribution in [0.2, 0.25) is 0 Å². The van der Waals surface area contributed by atoms with Crippen LogP contribution >= 0.6 is 0 Å². The Balaban J connectivity index is 2.41. The second kappa shape index (κ2) is 9.82. The molecule has 0 radical (unpaired) electrons. The molecule has 0 atom stereocenters. The van der Waals surface area contributed by atoms with Crippen molar-refractivity contribution in [3.63, 3.8) is 0 Å². The summed E-state index contributed by atoms with van der Waals surface area (Å²) in [6, 6.07) is 7.79. The lowest BCUT2D eigenvalue weighted by atomic mass is 10.1. The molecule has 0 aromatic heterocycles. The van der Waals surface area contributed by atoms with Gasteiger partial charge in [-0.05, 0) is 36.5 Å². The molecule has 5 heteroatoms. The number of nitrogens with zero attached hydrogens (tertiary/aromatic N) is 1. The van der Waals surface area contributed by atoms with E-state index in [-0.39, 0.29) is 5.91 Å². The molecule has 0 aliphatic carbocycles. The Bertz CT molecular complexity index is 497. The quantitative estimate of drug-likeness (QED) is 0.412. The molecule has 3 N–H and O–H groups in total. The number of hydrogen-bond acceptors (Lipinski definition) is 2. The van der Waals surface area contributed by atoms with Crippen molar-refractivity contribution >= 4 is 17.6 Å². The zero-order chi connectivity index (χ0) is 16.4. The summed E-state index contributed by atoms with van der Waals surface area (Å²) in [7, 11) is 1.77. The van der Waals surface area contributed by atoms with Crippen LogP contribution in [-0.4, -0.2) is 25.5 Å². The topological polar surface area (TPSA) is 65.5 Å². The monoisotopic (exact) mass is 304 g/mol. The number of aliphatic imine (C=N–C) groups is 1. The lowest BCUT2D eigenvalue weighted by Gasteiger charge is -2.13. The smallest absolute Gasteiger partial charge is 0.221 e. The third-order valence-electron chi connectivity index (χ3n) is 3.18. The summed E-state index contributed by atoms with van der Waals surface area (Å²) in [5.41, 5.74) is 1.91. The Labute approximate surface area is 133 Å². The van der Waals surface area contributed by atoms with E-state index >= 15 is 0 Å². The van der Waals surface area contributed by atoms with E-state index in [9.17, 15) is 4.79 Å². The average molecular weight is 304 g/mol. The van der Waals surface area contributed by atoms with Crippen LogP contribution in [0.5, 0.6) is 0 Å². The number of nitrogens with one attached hydrogen (secondary N) is 3. The van der Waals surface area contributed by atoms with Crippen LogP contribution in [0.3, 0.4) is 0 Å². The minimum absolute atomic E-state index is 0.0623. The Morgan fingerprint density at radius 2 is 2.05 bits per heavy atom. The minimum atomic E-state index is -0.0623. The van der Waals surface area contributed by atoms with Crippen LogP contribution in [0.4, 0.5) is 5.69 Å². The fourth-order valence-corrected chi connectivity index (χ4v) is 2.09. The number of benzene rings is 1. The number of rotatable bonds is 7. The molecule has 0 saturated heterocycles. The lowest BCUT2D eigenvalue weighted by molar-refractivity contribution is -0.114. The molecule has 0 bridgehead atoms. The zero-order valence-electron chi connectivity index (χ0n) is 14.1. The van der Waals surface area contributed by atoms with Gasteiger partial charge in [0.2, 0.25) is 5.91 Å². The number of amides is 1. The largest absolute Gasteiger partial charge is 0.356 e. The van der Waals surface area contributed by atoms with Gasteiger partial charge in [-0.2, -0.15) is 0 Å². The van der Waals surface area contributed by atoms with Crippen molar-refractivity contribution in [2.24, 2.45) is 10.9 Å². The highest BCUT2D eigenvalue weighted by Gasteiger charge is 2.01. The molecule has 122 valence electrons. The fraction of sp³-hybridized carbons (Fsp3) is 0.529. The van der Waals surface area contributed by atoms with Crippen molar-refractivity contribution in [1.29, 1.82) is 0 Å². The lowest BCUT2D eigenvalue weighted by Crippen LogP contribution is -2.37. The van der Waals surface area contributed by atoms with Gasteiger partial charge in [-0.1, -0.05) is 26.0 Å². The molecule has 0 fully saturated rings. The van der Waals surface area contributed by atoms with E-state index in [1.165, 1.54) is 13.3 Å². The molecule has 0 saturated carbocycles. The molecule has 0 heterocycles. The van der Waals surface area contributed by atoms with E-state index in [1.54, 1.807) is 7.05 Å². The predicted molar refractivity (Wildman–Crippen MR) is 93.0 cm³/mol. The maximum absolute atomic E-state index is 11.1. The average Bonchev–Trinajstić information content (AvgIpc) is 2.46. The highest BCUT2D eigenvalue weighted by molar-refractivity contribution is 5.88. The zero-order valence-corrected chi connectivity index (χ0v) is 14.1. The van der Waals surface area contributed by atoms with E-state index in [0.717, 1.165) is 36.1 Å². The Morgan fingerprint density at radius 3 is 2.68 bits per heavy atom. The van der Waals surface area contributed by atoms with Crippen LogP contribution < -0.4 is 16.0 Å². The van der Waals surface area contributed by atoms with Crippen LogP contribution in [0.15, 0.2) is 29.3 Å². The maximum atomic E-state index is 11.1. The first-order chi connectivity index (χ1) is 10.5. The van der Waals surface area contributed by atoms with Crippen molar-refractivity contribution in [3.05, 3.63) is 29.8 Å². The third kappa shape index (κ3) is 7.67. The number of hydrogen-bond donors (Lipinski definition) is 3. The molecule has 1 rings (SSSR count). The number of carbonyl (C=O) groups excluding carboxylic acids is 1. The molecule has 0 aliphatic rings. The molecule has 1 aromatic carbocycles. The Morgan fingerprint density at radius 1 is 1.27 bits per heavy atom. The van der Waals surface area contributed by atoms with Crippen LogP contribution in [0.25, 0.3) is 0 Å². The van der Waals surface area contributed by atoms with Gasteiger partial charge >= 0.3 is 0 Å². The normalized spacial score (nSPS) is 11.4. The van der Waals surface area contributed by atoms with Crippen molar-refractivity contribution in [3.8, 4) is 0 Å². The number of anilines is 1. The van der Waals surface area contributed by atoms with Crippen molar-refractivity contribution in [1.82, 2.24) is 10.6 Å². The van der Waals surface area contributed by atoms with E-state index in [1.807, 2.05) is 24.3 Å². The summed E-state index contributed by atoms with van der Waals surface area (Å²) in [5, 5.41) is 9.38. The summed E-state index contributed by atoms with van der Waals surface area (Å²) in [4.78, 5) is 15.3. The van der Waals surface area contributed by atoms with Gasteiger partial charge in [0.25, 0.3) is 0 Å². The van der Waals surface area contributed by atoms with Gasteiger partial charge in [0, 0.05) is 32.7 Å². The molecule has 0 spiro atoms. The molecule has 1 amide bonds. The van der Waals surface area contributed by atoms with Gasteiger partial charge in [-0.15, -0.1) is 0 Å². The highest BCUT2D eigenvalue weighted by atomic mass is 16.1. The summed E-state index contributed by atoms with van der Waals surface area (Å²) in [6.07, 6.45) is 2.35. The van der Waals surface area contributed by atoms with Gasteiger partial charge in [0.15, 0.2) is 5.96 Å². The van der Waals surface area contributed by atoms with Crippen molar-refractivity contribution in [2.45, 2.75) is 40.2 Å². The second-order valence-corrected chi connectivity index (χ2v) is 5.77. The fourth-order valence-electron chi connectivity index (χ4n) is 2.09. The van der Waals surface area contributed by atoms with Gasteiger partial charge in [0.1, 0.15) is 0 Å². The van der Waals surface area contributed by atoms with Crippen LogP contribution in [0.1, 0.15) is 39.2 Å². The minimum Gasteiger partial charge on any atom is -0.356 e. The molecule has 0 aliphatic heterocycles. The number of carbonyl (C=O) groups is 1. The van der Waals surface area contributed by atoms with Gasteiger partial charge in [0.05, 0.1) is 0 Å². The molecule has 1 aromatic rings. The maximum Gasteiger partial charge on any atom is 0.221 e. The van der Waals surface area contributed by atoms with Crippen molar-refractivity contribution < 1.29 is 4.79 Å². The first kappa shape index (κ1) is 18.0. The van der Waals surface area contributed by atoms with Crippen molar-refractivity contribution in [2.75, 3.05) is 18.9 Å². The van der Waals surface area contributed by atoms with E-state index in [0.29, 0.717) is 6.54 Å². The Kier molecular flexibility index (Phi) is 8.04. The van der Waals surface area contributed by atoms with Gasteiger partial charge < -0.3 is 16.0 Å². The second-order valence-electron chi connectivity index (χ2n) is 5.77. The first-order valence-corrected chi connectivity index (χ1v) is 7.82. The summed E-state index contributed by atoms with van der Waals surface area (Å²) < 4.78 is 0. The van der Waals surface area contributed by atoms with Crippen LogP contribution in [-0.2, 0) is 11.3 Å². The predicted octanol–water partition coefficient (Wildman–Crippen LogP) is 2.75. The van der Waals surface area contributed by atoms with E-state index < -0.39 is 0 Å². The standard InChI is InChI=1S/C17H28N4O/c1-13(2)7-6-10-19-17(18-4)20-12-15-8-5-9-16(11-15)21-14(3)22/h5,8-9,11,13H,6-7,10,12H2,1-4H3,(H,21,22)(H2,18,19,20). The van der Waals surface area contributed by atoms with E-state index in [2.05, 4.69) is 34.8 Å². The molecule has 0 unspecified atom stereocenters. The first-order valence-electron chi connectivity index (χ1n) is 7.82. The van der Waals surface area contributed by atoms with E-state index in [4.69, 9.17) is 0 Å². The number of guanidine groups is 1. The van der Waals surface area contributed by atoms with Crippen LogP contribution in [0, 0.1) is 5.92 Å². The van der Waals surface area contributed by atoms with Gasteiger partial charge in [-0.25, -0.2) is 0 Å². The third-order valence-corrected chi connectivity index (χ3v) is 3.18. The summed E-state index contributed by atoms with van der Waals surface area (Å²) >= 11 is 0. The Hall–Kier alpha value is -2.04. The molecular weight excluding hydrogens is 276 g/mol. The summed E-state index contributed by atoms with van der Waals surface area (Å²) in [6.45, 7) is 7.55. The van der Waals surface area contributed by atoms with Gasteiger partial charge in [-0.3, -0.25) is 9.79 Å².